The first-order chi connectivity index (χ1) is 8.06. The fourth-order valence-electron chi connectivity index (χ4n) is 1.21. The normalized spacial score (nSPS) is 10.5. The summed E-state index contributed by atoms with van der Waals surface area (Å²) in [4.78, 5) is 26.1. The van der Waals surface area contributed by atoms with Gasteiger partial charge in [0, 0.05) is 17.3 Å². The number of aryl methyl sites for hydroxylation is 1. The molecule has 1 N–H and O–H groups in total. The molecule has 2 heterocycles. The van der Waals surface area contributed by atoms with Gasteiger partial charge in [-0.1, -0.05) is 11.6 Å². The van der Waals surface area contributed by atoms with E-state index in [9.17, 15) is 4.79 Å². The van der Waals surface area contributed by atoms with Gasteiger partial charge in [0.15, 0.2) is 5.16 Å². The maximum absolute atomic E-state index is 11.3. The first-order valence-corrected chi connectivity index (χ1v) is 5.98. The number of rotatable bonds is 2. The highest BCUT2D eigenvalue weighted by atomic mass is 35.5. The number of nitrogens with zero attached hydrogens (tertiary/aromatic N) is 3. The van der Waals surface area contributed by atoms with Crippen molar-refractivity contribution >= 4 is 23.4 Å². The molecule has 0 atom stereocenters. The number of aromatic nitrogens is 4. The van der Waals surface area contributed by atoms with Crippen LogP contribution in [-0.2, 0) is 0 Å². The van der Waals surface area contributed by atoms with Gasteiger partial charge in [-0.05, 0) is 25.6 Å². The van der Waals surface area contributed by atoms with Crippen molar-refractivity contribution in [3.05, 3.63) is 39.2 Å². The van der Waals surface area contributed by atoms with E-state index < -0.39 is 0 Å². The second-order valence-corrected chi connectivity index (χ2v) is 4.72. The summed E-state index contributed by atoms with van der Waals surface area (Å²) < 4.78 is 0. The Morgan fingerprint density at radius 3 is 2.82 bits per heavy atom. The quantitative estimate of drug-likeness (QED) is 0.666. The van der Waals surface area contributed by atoms with Crippen molar-refractivity contribution in [1.29, 1.82) is 0 Å². The lowest BCUT2D eigenvalue weighted by Gasteiger charge is -2.04. The van der Waals surface area contributed by atoms with Gasteiger partial charge in [0.2, 0.25) is 0 Å². The molecule has 0 unspecified atom stereocenters. The van der Waals surface area contributed by atoms with Gasteiger partial charge in [0.05, 0.1) is 0 Å². The van der Waals surface area contributed by atoms with Crippen LogP contribution in [0.25, 0.3) is 0 Å². The van der Waals surface area contributed by atoms with Gasteiger partial charge in [0.1, 0.15) is 16.5 Å². The molecule has 0 bridgehead atoms. The second kappa shape index (κ2) is 4.85. The topological polar surface area (TPSA) is 71.5 Å². The van der Waals surface area contributed by atoms with E-state index in [-0.39, 0.29) is 5.56 Å². The van der Waals surface area contributed by atoms with Crippen molar-refractivity contribution in [2.45, 2.75) is 24.0 Å². The molecule has 0 amide bonds. The maximum Gasteiger partial charge on any atom is 0.251 e. The van der Waals surface area contributed by atoms with E-state index in [1.165, 1.54) is 24.2 Å². The maximum atomic E-state index is 11.3. The summed E-state index contributed by atoms with van der Waals surface area (Å²) in [6.07, 6.45) is 1.38. The SMILES string of the molecule is Cc1cc(=O)[nH]c(Sc2ncnc(Cl)c2C)n1. The van der Waals surface area contributed by atoms with Crippen molar-refractivity contribution in [2.75, 3.05) is 0 Å². The van der Waals surface area contributed by atoms with Crippen LogP contribution in [0, 0.1) is 13.8 Å². The van der Waals surface area contributed by atoms with Gasteiger partial charge in [0.25, 0.3) is 5.56 Å². The van der Waals surface area contributed by atoms with Crippen molar-refractivity contribution in [3.63, 3.8) is 0 Å². The minimum atomic E-state index is -0.183. The van der Waals surface area contributed by atoms with Crippen molar-refractivity contribution in [3.8, 4) is 0 Å². The lowest BCUT2D eigenvalue weighted by molar-refractivity contribution is 0.897. The molecule has 0 radical (unpaired) electrons. The minimum absolute atomic E-state index is 0.183. The molecular weight excluding hydrogens is 260 g/mol. The van der Waals surface area contributed by atoms with E-state index >= 15 is 0 Å². The first-order valence-electron chi connectivity index (χ1n) is 4.79. The van der Waals surface area contributed by atoms with Gasteiger partial charge in [-0.15, -0.1) is 0 Å². The number of hydrogen-bond donors (Lipinski definition) is 1. The monoisotopic (exact) mass is 268 g/mol. The summed E-state index contributed by atoms with van der Waals surface area (Å²) in [5.41, 5.74) is 1.25. The number of nitrogens with one attached hydrogen (secondary N) is 1. The molecule has 88 valence electrons. The van der Waals surface area contributed by atoms with Crippen LogP contribution in [0.3, 0.4) is 0 Å². The highest BCUT2D eigenvalue weighted by Gasteiger charge is 2.08. The van der Waals surface area contributed by atoms with Gasteiger partial charge in [-0.3, -0.25) is 4.79 Å². The summed E-state index contributed by atoms with van der Waals surface area (Å²) in [5, 5.41) is 1.57. The van der Waals surface area contributed by atoms with E-state index in [1.54, 1.807) is 6.92 Å². The van der Waals surface area contributed by atoms with Crippen molar-refractivity contribution in [2.24, 2.45) is 0 Å². The Bertz CT molecular complexity index is 613. The van der Waals surface area contributed by atoms with E-state index in [2.05, 4.69) is 19.9 Å². The Balaban J connectivity index is 2.38. The Morgan fingerprint density at radius 2 is 2.12 bits per heavy atom. The lowest BCUT2D eigenvalue weighted by Crippen LogP contribution is -2.08. The van der Waals surface area contributed by atoms with Crippen molar-refractivity contribution < 1.29 is 0 Å². The molecule has 0 aliphatic heterocycles. The predicted molar refractivity (Wildman–Crippen MR) is 65.5 cm³/mol. The van der Waals surface area contributed by atoms with Crippen LogP contribution in [0.1, 0.15) is 11.3 Å². The number of H-pyrrole nitrogens is 1. The third-order valence-corrected chi connectivity index (χ3v) is 3.39. The fraction of sp³-hybridized carbons (Fsp3) is 0.200. The predicted octanol–water partition coefficient (Wildman–Crippen LogP) is 1.98. The number of halogens is 1. The van der Waals surface area contributed by atoms with Crippen molar-refractivity contribution in [1.82, 2.24) is 19.9 Å². The van der Waals surface area contributed by atoms with E-state index in [4.69, 9.17) is 11.6 Å². The van der Waals surface area contributed by atoms with Crippen LogP contribution < -0.4 is 5.56 Å². The van der Waals surface area contributed by atoms with Crippen LogP contribution in [-0.4, -0.2) is 19.9 Å². The van der Waals surface area contributed by atoms with Crippen LogP contribution >= 0.6 is 23.4 Å². The summed E-state index contributed by atoms with van der Waals surface area (Å²) in [6.45, 7) is 3.58. The highest BCUT2D eigenvalue weighted by Crippen LogP contribution is 2.27. The third kappa shape index (κ3) is 2.83. The molecule has 2 aromatic rings. The second-order valence-electron chi connectivity index (χ2n) is 3.39. The summed E-state index contributed by atoms with van der Waals surface area (Å²) in [7, 11) is 0. The Kier molecular flexibility index (Phi) is 3.44. The third-order valence-electron chi connectivity index (χ3n) is 2.02. The number of aromatic amines is 1. The first kappa shape index (κ1) is 12.1. The molecule has 0 saturated carbocycles. The summed E-state index contributed by atoms with van der Waals surface area (Å²) >= 11 is 7.14. The molecule has 0 aromatic carbocycles. The zero-order chi connectivity index (χ0) is 12.4. The zero-order valence-corrected chi connectivity index (χ0v) is 10.8. The standard InChI is InChI=1S/C10H9ClN4OS/c1-5-3-7(16)15-10(14-5)17-9-6(2)8(11)12-4-13-9/h3-4H,1-2H3,(H,14,15,16). The molecular formula is C10H9ClN4OS. The Labute approximate surface area is 107 Å². The zero-order valence-electron chi connectivity index (χ0n) is 9.19. The van der Waals surface area contributed by atoms with E-state index in [0.717, 1.165) is 5.56 Å². The molecule has 0 saturated heterocycles. The lowest BCUT2D eigenvalue weighted by atomic mass is 10.4. The van der Waals surface area contributed by atoms with Gasteiger partial charge < -0.3 is 4.98 Å². The molecule has 0 spiro atoms. The van der Waals surface area contributed by atoms with Crippen LogP contribution in [0.4, 0.5) is 0 Å². The number of hydrogen-bond acceptors (Lipinski definition) is 5. The Morgan fingerprint density at radius 1 is 1.35 bits per heavy atom. The van der Waals surface area contributed by atoms with Crippen LogP contribution in [0.5, 0.6) is 0 Å². The summed E-state index contributed by atoms with van der Waals surface area (Å²) in [5.74, 6) is 0. The van der Waals surface area contributed by atoms with E-state index in [1.807, 2.05) is 6.92 Å². The largest absolute Gasteiger partial charge is 0.301 e. The molecule has 0 aliphatic carbocycles. The average Bonchev–Trinajstić information content (AvgIpc) is 2.23. The van der Waals surface area contributed by atoms with E-state index in [0.29, 0.717) is 21.0 Å². The molecule has 17 heavy (non-hydrogen) atoms. The molecule has 7 heteroatoms. The smallest absolute Gasteiger partial charge is 0.251 e. The van der Waals surface area contributed by atoms with Crippen LogP contribution in [0.2, 0.25) is 5.15 Å². The summed E-state index contributed by atoms with van der Waals surface area (Å²) in [6, 6.07) is 1.43. The molecule has 5 nitrogen and oxygen atoms in total. The molecule has 0 aliphatic rings. The van der Waals surface area contributed by atoms with Crippen LogP contribution in [0.15, 0.2) is 27.4 Å². The minimum Gasteiger partial charge on any atom is -0.301 e. The molecule has 2 rings (SSSR count). The van der Waals surface area contributed by atoms with Gasteiger partial charge in [-0.25, -0.2) is 15.0 Å². The van der Waals surface area contributed by atoms with Gasteiger partial charge in [-0.2, -0.15) is 0 Å². The average molecular weight is 269 g/mol. The highest BCUT2D eigenvalue weighted by molar-refractivity contribution is 7.99. The fourth-order valence-corrected chi connectivity index (χ4v) is 2.27. The Hall–Kier alpha value is -1.40. The molecule has 2 aromatic heterocycles. The molecule has 0 fully saturated rings. The van der Waals surface area contributed by atoms with Gasteiger partial charge >= 0.3 is 0 Å².